The largest absolute Gasteiger partial charge is 0.418 e. The Morgan fingerprint density at radius 3 is 2.67 bits per heavy atom. The Labute approximate surface area is 122 Å². The van der Waals surface area contributed by atoms with Crippen molar-refractivity contribution < 1.29 is 18.3 Å². The first-order chi connectivity index (χ1) is 9.73. The molecule has 21 heavy (non-hydrogen) atoms. The zero-order valence-corrected chi connectivity index (χ0v) is 12.3. The highest BCUT2D eigenvalue weighted by Crippen LogP contribution is 2.39. The predicted octanol–water partition coefficient (Wildman–Crippen LogP) is 2.78. The number of aliphatic hydroxyl groups is 1. The number of hydrogen-bond acceptors (Lipinski definition) is 3. The topological polar surface area (TPSA) is 35.5 Å². The van der Waals surface area contributed by atoms with Crippen molar-refractivity contribution in [3.63, 3.8) is 0 Å². The minimum absolute atomic E-state index is 0.155. The van der Waals surface area contributed by atoms with Crippen molar-refractivity contribution in [3.8, 4) is 0 Å². The summed E-state index contributed by atoms with van der Waals surface area (Å²) in [5.74, 6) is 0. The summed E-state index contributed by atoms with van der Waals surface area (Å²) < 4.78 is 39.9. The van der Waals surface area contributed by atoms with E-state index < -0.39 is 17.3 Å². The second kappa shape index (κ2) is 5.85. The monoisotopic (exact) mass is 302 g/mol. The molecule has 0 amide bonds. The molecule has 1 aliphatic heterocycles. The molecule has 1 unspecified atom stereocenters. The van der Waals surface area contributed by atoms with E-state index in [0.29, 0.717) is 31.5 Å². The zero-order valence-electron chi connectivity index (χ0n) is 12.3. The first-order valence-corrected chi connectivity index (χ1v) is 7.05. The van der Waals surface area contributed by atoms with Gasteiger partial charge in [-0.3, -0.25) is 0 Å². The van der Waals surface area contributed by atoms with E-state index in [2.05, 4.69) is 5.32 Å². The van der Waals surface area contributed by atoms with Crippen molar-refractivity contribution in [1.82, 2.24) is 5.32 Å². The van der Waals surface area contributed by atoms with Crippen LogP contribution in [0.5, 0.6) is 0 Å². The molecule has 0 aromatic heterocycles. The third kappa shape index (κ3) is 3.89. The smallest absolute Gasteiger partial charge is 0.388 e. The summed E-state index contributed by atoms with van der Waals surface area (Å²) in [5, 5.41) is 13.0. The summed E-state index contributed by atoms with van der Waals surface area (Å²) in [5.41, 5.74) is -0.822. The molecule has 0 bridgehead atoms. The lowest BCUT2D eigenvalue weighted by Crippen LogP contribution is -2.46. The number of anilines is 1. The lowest BCUT2D eigenvalue weighted by atomic mass is 9.94. The molecular weight excluding hydrogens is 281 g/mol. The molecule has 2 N–H and O–H groups in total. The maximum absolute atomic E-state index is 13.3. The number of benzene rings is 1. The summed E-state index contributed by atoms with van der Waals surface area (Å²) in [6.45, 7) is 2.81. The van der Waals surface area contributed by atoms with Gasteiger partial charge in [0.05, 0.1) is 11.2 Å². The Morgan fingerprint density at radius 1 is 1.38 bits per heavy atom. The quantitative estimate of drug-likeness (QED) is 0.901. The van der Waals surface area contributed by atoms with E-state index >= 15 is 0 Å². The minimum Gasteiger partial charge on any atom is -0.388 e. The highest BCUT2D eigenvalue weighted by molar-refractivity contribution is 5.57. The fourth-order valence-corrected chi connectivity index (χ4v) is 2.83. The van der Waals surface area contributed by atoms with E-state index in [4.69, 9.17) is 0 Å². The van der Waals surface area contributed by atoms with Crippen LogP contribution in [-0.2, 0) is 12.7 Å². The van der Waals surface area contributed by atoms with Gasteiger partial charge in [-0.15, -0.1) is 0 Å². The second-order valence-electron chi connectivity index (χ2n) is 5.90. The summed E-state index contributed by atoms with van der Waals surface area (Å²) in [6, 6.07) is 4.40. The first kappa shape index (κ1) is 16.1. The van der Waals surface area contributed by atoms with Gasteiger partial charge in [0.1, 0.15) is 0 Å². The van der Waals surface area contributed by atoms with Gasteiger partial charge in [0.2, 0.25) is 0 Å². The van der Waals surface area contributed by atoms with E-state index in [9.17, 15) is 18.3 Å². The first-order valence-electron chi connectivity index (χ1n) is 7.05. The summed E-state index contributed by atoms with van der Waals surface area (Å²) in [4.78, 5) is 1.63. The van der Waals surface area contributed by atoms with Gasteiger partial charge in [-0.1, -0.05) is 6.07 Å². The molecule has 118 valence electrons. The normalized spacial score (nSPS) is 23.4. The molecule has 1 aromatic carbocycles. The number of piperidine rings is 1. The van der Waals surface area contributed by atoms with Crippen molar-refractivity contribution in [1.29, 1.82) is 0 Å². The van der Waals surface area contributed by atoms with Crippen LogP contribution in [0.3, 0.4) is 0 Å². The van der Waals surface area contributed by atoms with Crippen LogP contribution in [-0.4, -0.2) is 30.8 Å². The summed E-state index contributed by atoms with van der Waals surface area (Å²) in [6.07, 6.45) is -3.10. The summed E-state index contributed by atoms with van der Waals surface area (Å²) >= 11 is 0. The van der Waals surface area contributed by atoms with Gasteiger partial charge < -0.3 is 15.3 Å². The fourth-order valence-electron chi connectivity index (χ4n) is 2.83. The number of hydrogen-bond donors (Lipinski definition) is 2. The van der Waals surface area contributed by atoms with Crippen LogP contribution in [0.2, 0.25) is 0 Å². The molecule has 1 aliphatic rings. The van der Waals surface area contributed by atoms with E-state index in [1.165, 1.54) is 12.1 Å². The third-order valence-corrected chi connectivity index (χ3v) is 3.76. The molecular formula is C15H21F3N2O. The number of rotatable bonds is 3. The minimum atomic E-state index is -4.40. The summed E-state index contributed by atoms with van der Waals surface area (Å²) in [7, 11) is 1.70. The second-order valence-corrected chi connectivity index (χ2v) is 5.90. The number of nitrogens with one attached hydrogen (secondary N) is 1. The highest BCUT2D eigenvalue weighted by atomic mass is 19.4. The molecule has 1 fully saturated rings. The molecule has 1 aromatic rings. The van der Waals surface area contributed by atoms with E-state index in [-0.39, 0.29) is 12.2 Å². The molecule has 1 saturated heterocycles. The number of halogens is 3. The molecule has 2 rings (SSSR count). The van der Waals surface area contributed by atoms with E-state index in [1.807, 2.05) is 0 Å². The van der Waals surface area contributed by atoms with Gasteiger partial charge >= 0.3 is 6.18 Å². The van der Waals surface area contributed by atoms with E-state index in [1.54, 1.807) is 24.9 Å². The van der Waals surface area contributed by atoms with Gasteiger partial charge in [0.25, 0.3) is 0 Å². The Morgan fingerprint density at radius 2 is 2.10 bits per heavy atom. The third-order valence-electron chi connectivity index (χ3n) is 3.76. The zero-order chi connectivity index (χ0) is 15.7. The molecule has 1 heterocycles. The van der Waals surface area contributed by atoms with Crippen molar-refractivity contribution >= 4 is 5.69 Å². The van der Waals surface area contributed by atoms with Crippen LogP contribution in [0.15, 0.2) is 18.2 Å². The SMILES string of the molecule is CNCc1ccc(N2CCCC(C)(O)C2)c(C(F)(F)F)c1. The molecule has 3 nitrogen and oxygen atoms in total. The van der Waals surface area contributed by atoms with Crippen molar-refractivity contribution in [3.05, 3.63) is 29.3 Å². The van der Waals surface area contributed by atoms with Crippen LogP contribution in [0, 0.1) is 0 Å². The van der Waals surface area contributed by atoms with E-state index in [0.717, 1.165) is 0 Å². The molecule has 6 heteroatoms. The van der Waals surface area contributed by atoms with Crippen molar-refractivity contribution in [2.45, 2.75) is 38.1 Å². The van der Waals surface area contributed by atoms with Gasteiger partial charge in [0.15, 0.2) is 0 Å². The lowest BCUT2D eigenvalue weighted by Gasteiger charge is -2.39. The predicted molar refractivity (Wildman–Crippen MR) is 76.3 cm³/mol. The molecule has 0 radical (unpaired) electrons. The lowest BCUT2D eigenvalue weighted by molar-refractivity contribution is -0.137. The Bertz CT molecular complexity index is 500. The van der Waals surface area contributed by atoms with Gasteiger partial charge in [-0.05, 0) is 44.5 Å². The van der Waals surface area contributed by atoms with Crippen molar-refractivity contribution in [2.24, 2.45) is 0 Å². The van der Waals surface area contributed by atoms with Gasteiger partial charge in [0, 0.05) is 25.3 Å². The van der Waals surface area contributed by atoms with Crippen LogP contribution < -0.4 is 10.2 Å². The standard InChI is InChI=1S/C15H21F3N2O/c1-14(21)6-3-7-20(10-14)13-5-4-11(9-19-2)8-12(13)15(16,17)18/h4-5,8,19,21H,3,6-7,9-10H2,1-2H3. The van der Waals surface area contributed by atoms with Crippen LogP contribution in [0.4, 0.5) is 18.9 Å². The van der Waals surface area contributed by atoms with Gasteiger partial charge in [-0.2, -0.15) is 13.2 Å². The van der Waals surface area contributed by atoms with Gasteiger partial charge in [-0.25, -0.2) is 0 Å². The molecule has 0 aliphatic carbocycles. The molecule has 1 atom stereocenters. The Balaban J connectivity index is 2.38. The van der Waals surface area contributed by atoms with Crippen molar-refractivity contribution in [2.75, 3.05) is 25.0 Å². The fraction of sp³-hybridized carbons (Fsp3) is 0.600. The average Bonchev–Trinajstić information content (AvgIpc) is 2.37. The molecule has 0 saturated carbocycles. The Kier molecular flexibility index (Phi) is 4.49. The number of alkyl halides is 3. The maximum Gasteiger partial charge on any atom is 0.418 e. The van der Waals surface area contributed by atoms with Crippen LogP contribution >= 0.6 is 0 Å². The Hall–Kier alpha value is -1.27. The average molecular weight is 302 g/mol. The maximum atomic E-state index is 13.3. The van der Waals surface area contributed by atoms with Crippen LogP contribution in [0.1, 0.15) is 30.9 Å². The highest BCUT2D eigenvalue weighted by Gasteiger charge is 2.37. The van der Waals surface area contributed by atoms with Crippen LogP contribution in [0.25, 0.3) is 0 Å². The number of β-amino-alcohol motifs (C(OH)–C–C–N with tert-alkyl or cyclic N) is 1. The molecule has 0 spiro atoms. The number of nitrogens with zero attached hydrogens (tertiary/aromatic N) is 1.